The van der Waals surface area contributed by atoms with Crippen LogP contribution in [0.15, 0.2) is 47.6 Å². The van der Waals surface area contributed by atoms with Gasteiger partial charge in [-0.1, -0.05) is 6.07 Å². The van der Waals surface area contributed by atoms with E-state index in [1.165, 1.54) is 0 Å². The SMILES string of the molecule is CC(NS(=O)(=O)c1ccc(F)cc1N)c1cccnc1. The lowest BCUT2D eigenvalue weighted by molar-refractivity contribution is 0.566. The number of nitrogens with two attached hydrogens (primary N) is 1. The lowest BCUT2D eigenvalue weighted by Gasteiger charge is -2.15. The van der Waals surface area contributed by atoms with Crippen LogP contribution in [0.5, 0.6) is 0 Å². The fraction of sp³-hybridized carbons (Fsp3) is 0.154. The second-order valence-corrected chi connectivity index (χ2v) is 5.99. The third-order valence-electron chi connectivity index (χ3n) is 2.78. The van der Waals surface area contributed by atoms with Crippen LogP contribution in [0, 0.1) is 5.82 Å². The van der Waals surface area contributed by atoms with Crippen molar-refractivity contribution in [1.29, 1.82) is 0 Å². The Hall–Kier alpha value is -1.99. The van der Waals surface area contributed by atoms with Crippen LogP contribution in [0.3, 0.4) is 0 Å². The van der Waals surface area contributed by atoms with Crippen LogP contribution in [0.2, 0.25) is 0 Å². The summed E-state index contributed by atoms with van der Waals surface area (Å²) in [5.41, 5.74) is 6.14. The molecule has 1 unspecified atom stereocenters. The molecule has 1 aromatic carbocycles. The Morgan fingerprint density at radius 2 is 2.10 bits per heavy atom. The highest BCUT2D eigenvalue weighted by Crippen LogP contribution is 2.21. The average Bonchev–Trinajstić information content (AvgIpc) is 2.38. The van der Waals surface area contributed by atoms with Gasteiger partial charge in [0.1, 0.15) is 10.7 Å². The van der Waals surface area contributed by atoms with E-state index in [-0.39, 0.29) is 10.6 Å². The van der Waals surface area contributed by atoms with Gasteiger partial charge in [-0.3, -0.25) is 4.98 Å². The van der Waals surface area contributed by atoms with E-state index in [0.717, 1.165) is 23.8 Å². The zero-order valence-corrected chi connectivity index (χ0v) is 11.6. The molecule has 0 spiro atoms. The molecule has 0 radical (unpaired) electrons. The number of aromatic nitrogens is 1. The van der Waals surface area contributed by atoms with Crippen molar-refractivity contribution in [3.05, 3.63) is 54.1 Å². The normalized spacial score (nSPS) is 13.1. The van der Waals surface area contributed by atoms with Crippen LogP contribution in [0.1, 0.15) is 18.5 Å². The number of anilines is 1. The number of rotatable bonds is 4. The molecule has 5 nitrogen and oxygen atoms in total. The molecule has 0 bridgehead atoms. The molecular weight excluding hydrogens is 281 g/mol. The Labute approximate surface area is 116 Å². The van der Waals surface area contributed by atoms with Gasteiger partial charge in [-0.05, 0) is 36.8 Å². The first-order valence-electron chi connectivity index (χ1n) is 5.87. The summed E-state index contributed by atoms with van der Waals surface area (Å²) in [5, 5.41) is 0. The van der Waals surface area contributed by atoms with E-state index in [1.54, 1.807) is 31.5 Å². The van der Waals surface area contributed by atoms with Crippen LogP contribution in [0.4, 0.5) is 10.1 Å². The van der Waals surface area contributed by atoms with E-state index in [4.69, 9.17) is 5.73 Å². The molecule has 0 fully saturated rings. The minimum Gasteiger partial charge on any atom is -0.398 e. The maximum absolute atomic E-state index is 13.0. The first kappa shape index (κ1) is 14.4. The number of nitrogens with zero attached hydrogens (tertiary/aromatic N) is 1. The molecule has 2 rings (SSSR count). The highest BCUT2D eigenvalue weighted by Gasteiger charge is 2.21. The van der Waals surface area contributed by atoms with Gasteiger partial charge in [0.05, 0.1) is 5.69 Å². The Kier molecular flexibility index (Phi) is 4.01. The fourth-order valence-corrected chi connectivity index (χ4v) is 3.11. The van der Waals surface area contributed by atoms with Gasteiger partial charge in [-0.25, -0.2) is 17.5 Å². The molecule has 0 aliphatic carbocycles. The lowest BCUT2D eigenvalue weighted by atomic mass is 10.2. The van der Waals surface area contributed by atoms with Gasteiger partial charge >= 0.3 is 0 Å². The molecule has 7 heteroatoms. The zero-order valence-electron chi connectivity index (χ0n) is 10.7. The average molecular weight is 295 g/mol. The van der Waals surface area contributed by atoms with E-state index in [1.807, 2.05) is 0 Å². The second kappa shape index (κ2) is 5.56. The second-order valence-electron chi connectivity index (χ2n) is 4.31. The predicted octanol–water partition coefficient (Wildman–Crippen LogP) is 1.84. The summed E-state index contributed by atoms with van der Waals surface area (Å²) in [5.74, 6) is -0.582. The van der Waals surface area contributed by atoms with Gasteiger partial charge in [0.15, 0.2) is 0 Å². The van der Waals surface area contributed by atoms with Crippen molar-refractivity contribution < 1.29 is 12.8 Å². The van der Waals surface area contributed by atoms with Crippen molar-refractivity contribution in [1.82, 2.24) is 9.71 Å². The molecular formula is C13H14FN3O2S. The number of benzene rings is 1. The third kappa shape index (κ3) is 3.12. The van der Waals surface area contributed by atoms with Crippen molar-refractivity contribution in [2.75, 3.05) is 5.73 Å². The summed E-state index contributed by atoms with van der Waals surface area (Å²) < 4.78 is 39.9. The Balaban J connectivity index is 2.28. The molecule has 0 aliphatic rings. The summed E-state index contributed by atoms with van der Waals surface area (Å²) in [6.07, 6.45) is 3.17. The minimum atomic E-state index is -3.82. The largest absolute Gasteiger partial charge is 0.398 e. The number of nitrogen functional groups attached to an aromatic ring is 1. The van der Waals surface area contributed by atoms with E-state index in [0.29, 0.717) is 0 Å². The molecule has 1 atom stereocenters. The molecule has 0 saturated heterocycles. The Morgan fingerprint density at radius 1 is 1.35 bits per heavy atom. The van der Waals surface area contributed by atoms with Crippen LogP contribution >= 0.6 is 0 Å². The van der Waals surface area contributed by atoms with Crippen molar-refractivity contribution in [3.8, 4) is 0 Å². The number of halogens is 1. The lowest BCUT2D eigenvalue weighted by Crippen LogP contribution is -2.27. The van der Waals surface area contributed by atoms with Crippen molar-refractivity contribution in [3.63, 3.8) is 0 Å². The van der Waals surface area contributed by atoms with E-state index >= 15 is 0 Å². The molecule has 1 aromatic heterocycles. The first-order chi connectivity index (χ1) is 9.40. The number of hydrogen-bond acceptors (Lipinski definition) is 4. The summed E-state index contributed by atoms with van der Waals surface area (Å²) in [6, 6.07) is 6.17. The molecule has 0 amide bonds. The van der Waals surface area contributed by atoms with E-state index < -0.39 is 21.9 Å². The highest BCUT2D eigenvalue weighted by molar-refractivity contribution is 7.89. The van der Waals surface area contributed by atoms with Gasteiger partial charge < -0.3 is 5.73 Å². The number of hydrogen-bond donors (Lipinski definition) is 2. The first-order valence-corrected chi connectivity index (χ1v) is 7.36. The van der Waals surface area contributed by atoms with Crippen molar-refractivity contribution in [2.24, 2.45) is 0 Å². The predicted molar refractivity (Wildman–Crippen MR) is 73.8 cm³/mol. The van der Waals surface area contributed by atoms with Crippen LogP contribution < -0.4 is 10.5 Å². The monoisotopic (exact) mass is 295 g/mol. The smallest absolute Gasteiger partial charge is 0.243 e. The van der Waals surface area contributed by atoms with Crippen LogP contribution in [-0.4, -0.2) is 13.4 Å². The zero-order chi connectivity index (χ0) is 14.8. The van der Waals surface area contributed by atoms with Gasteiger partial charge in [-0.2, -0.15) is 0 Å². The minimum absolute atomic E-state index is 0.129. The van der Waals surface area contributed by atoms with Gasteiger partial charge in [0.2, 0.25) is 10.0 Å². The number of nitrogens with one attached hydrogen (secondary N) is 1. The standard InChI is InChI=1S/C13H14FN3O2S/c1-9(10-3-2-6-16-8-10)17-20(18,19)13-5-4-11(14)7-12(13)15/h2-9,17H,15H2,1H3. The van der Waals surface area contributed by atoms with Crippen LogP contribution in [0.25, 0.3) is 0 Å². The molecule has 0 aliphatic heterocycles. The number of sulfonamides is 1. The Morgan fingerprint density at radius 3 is 2.70 bits per heavy atom. The maximum atomic E-state index is 13.0. The summed E-state index contributed by atoms with van der Waals surface area (Å²) in [6.45, 7) is 1.69. The summed E-state index contributed by atoms with van der Waals surface area (Å²) in [4.78, 5) is 3.78. The molecule has 3 N–H and O–H groups in total. The maximum Gasteiger partial charge on any atom is 0.243 e. The van der Waals surface area contributed by atoms with Crippen molar-refractivity contribution >= 4 is 15.7 Å². The highest BCUT2D eigenvalue weighted by atomic mass is 32.2. The topological polar surface area (TPSA) is 85.1 Å². The van der Waals surface area contributed by atoms with Gasteiger partial charge in [0.25, 0.3) is 0 Å². The van der Waals surface area contributed by atoms with Crippen LogP contribution in [-0.2, 0) is 10.0 Å². The molecule has 0 saturated carbocycles. The number of pyridine rings is 1. The summed E-state index contributed by atoms with van der Waals surface area (Å²) >= 11 is 0. The van der Waals surface area contributed by atoms with E-state index in [2.05, 4.69) is 9.71 Å². The fourth-order valence-electron chi connectivity index (χ4n) is 1.76. The molecule has 106 valence electrons. The quantitative estimate of drug-likeness (QED) is 0.843. The molecule has 1 heterocycles. The van der Waals surface area contributed by atoms with Gasteiger partial charge in [0, 0.05) is 18.4 Å². The summed E-state index contributed by atoms with van der Waals surface area (Å²) in [7, 11) is -3.82. The van der Waals surface area contributed by atoms with Crippen molar-refractivity contribution in [2.45, 2.75) is 17.9 Å². The molecule has 2 aromatic rings. The van der Waals surface area contributed by atoms with E-state index in [9.17, 15) is 12.8 Å². The third-order valence-corrected chi connectivity index (χ3v) is 4.39. The molecule has 20 heavy (non-hydrogen) atoms. The Bertz CT molecular complexity index is 705. The van der Waals surface area contributed by atoms with Gasteiger partial charge in [-0.15, -0.1) is 0 Å².